The van der Waals surface area contributed by atoms with E-state index < -0.39 is 0 Å². The summed E-state index contributed by atoms with van der Waals surface area (Å²) >= 11 is 0. The second-order valence-electron chi connectivity index (χ2n) is 5.71. The van der Waals surface area contributed by atoms with Gasteiger partial charge in [0.05, 0.1) is 0 Å². The van der Waals surface area contributed by atoms with Crippen LogP contribution in [-0.2, 0) is 6.54 Å². The second-order valence-corrected chi connectivity index (χ2v) is 5.71. The third-order valence-corrected chi connectivity index (χ3v) is 3.66. The molecule has 126 valence electrons. The highest BCUT2D eigenvalue weighted by molar-refractivity contribution is 5.31. The molecule has 0 aliphatic carbocycles. The number of likely N-dealkylation sites (N-methyl/N-ethyl adjacent to an activating group) is 2. The molecule has 0 amide bonds. The highest BCUT2D eigenvalue weighted by Gasteiger charge is 2.09. The molecule has 0 saturated carbocycles. The maximum Gasteiger partial charge on any atom is 0.120 e. The van der Waals surface area contributed by atoms with E-state index in [1.807, 2.05) is 45.3 Å². The van der Waals surface area contributed by atoms with Crippen molar-refractivity contribution >= 4 is 0 Å². The summed E-state index contributed by atoms with van der Waals surface area (Å²) in [6.07, 6.45) is 5.21. The Labute approximate surface area is 139 Å². The van der Waals surface area contributed by atoms with Crippen LogP contribution in [0.3, 0.4) is 0 Å². The summed E-state index contributed by atoms with van der Waals surface area (Å²) < 4.78 is 0. The van der Waals surface area contributed by atoms with Crippen molar-refractivity contribution in [3.63, 3.8) is 0 Å². The van der Waals surface area contributed by atoms with Gasteiger partial charge in [0, 0.05) is 37.3 Å². The third-order valence-electron chi connectivity index (χ3n) is 3.66. The molecule has 1 aromatic carbocycles. The van der Waals surface area contributed by atoms with Crippen LogP contribution in [0.25, 0.3) is 0 Å². The summed E-state index contributed by atoms with van der Waals surface area (Å²) in [7, 11) is 4.05. The number of nitrogens with zero attached hydrogens (tertiary/aromatic N) is 2. The average molecular weight is 316 g/mol. The molecule has 0 unspecified atom stereocenters. The van der Waals surface area contributed by atoms with E-state index in [9.17, 15) is 10.2 Å². The fraction of sp³-hybridized carbons (Fsp3) is 0.368. The summed E-state index contributed by atoms with van der Waals surface area (Å²) in [4.78, 5) is 4.31. The van der Waals surface area contributed by atoms with Gasteiger partial charge in [0.1, 0.15) is 11.5 Å². The average Bonchev–Trinajstić information content (AvgIpc) is 2.54. The molecule has 4 nitrogen and oxygen atoms in total. The van der Waals surface area contributed by atoms with E-state index in [4.69, 9.17) is 0 Å². The molecule has 0 aliphatic heterocycles. The van der Waals surface area contributed by atoms with Gasteiger partial charge < -0.3 is 20.0 Å². The van der Waals surface area contributed by atoms with Crippen molar-refractivity contribution in [1.82, 2.24) is 9.80 Å². The molecule has 0 fully saturated rings. The number of allylic oxidation sites excluding steroid dienone is 3. The van der Waals surface area contributed by atoms with Crippen molar-refractivity contribution in [1.29, 1.82) is 0 Å². The molecule has 1 aromatic rings. The summed E-state index contributed by atoms with van der Waals surface area (Å²) in [6.45, 7) is 8.58. The second kappa shape index (κ2) is 9.87. The molecule has 23 heavy (non-hydrogen) atoms. The van der Waals surface area contributed by atoms with E-state index in [-0.39, 0.29) is 0 Å². The summed E-state index contributed by atoms with van der Waals surface area (Å²) in [5.41, 5.74) is 1.78. The standard InChI is InChI=1S/C19H28N2O2/c1-5-9-16(18(22)6-2)14-20(3)12-13-21(4)15-17-10-7-8-11-19(17)23/h5-11,22-23H,1,12-15H2,2-4H3/b16-9-,18-6+. The normalized spacial score (nSPS) is 12.9. The molecule has 0 aliphatic rings. The lowest BCUT2D eigenvalue weighted by atomic mass is 10.1. The highest BCUT2D eigenvalue weighted by atomic mass is 16.3. The fourth-order valence-corrected chi connectivity index (χ4v) is 2.27. The molecule has 0 aromatic heterocycles. The van der Waals surface area contributed by atoms with Gasteiger partial charge in [0.2, 0.25) is 0 Å². The SMILES string of the molecule is C=C/C=C(CN(C)CCN(C)Cc1ccccc1O)\C(O)=C/C. The van der Waals surface area contributed by atoms with Gasteiger partial charge in [0.25, 0.3) is 0 Å². The minimum atomic E-state index is 0.291. The molecular weight excluding hydrogens is 288 g/mol. The minimum absolute atomic E-state index is 0.291. The van der Waals surface area contributed by atoms with E-state index in [0.717, 1.165) is 24.2 Å². The van der Waals surface area contributed by atoms with E-state index in [1.54, 1.807) is 18.2 Å². The van der Waals surface area contributed by atoms with Crippen LogP contribution in [0.1, 0.15) is 12.5 Å². The molecule has 1 rings (SSSR count). The molecule has 0 atom stereocenters. The van der Waals surface area contributed by atoms with E-state index in [0.29, 0.717) is 24.6 Å². The van der Waals surface area contributed by atoms with Crippen LogP contribution in [0, 0.1) is 0 Å². The summed E-state index contributed by atoms with van der Waals surface area (Å²) in [6, 6.07) is 7.40. The summed E-state index contributed by atoms with van der Waals surface area (Å²) in [5.74, 6) is 0.626. The zero-order valence-electron chi connectivity index (χ0n) is 14.4. The van der Waals surface area contributed by atoms with Gasteiger partial charge in [-0.2, -0.15) is 0 Å². The maximum atomic E-state index is 9.88. The van der Waals surface area contributed by atoms with Crippen LogP contribution >= 0.6 is 0 Å². The van der Waals surface area contributed by atoms with Gasteiger partial charge in [-0.25, -0.2) is 0 Å². The van der Waals surface area contributed by atoms with Gasteiger partial charge in [0.15, 0.2) is 0 Å². The molecule has 0 heterocycles. The molecule has 0 spiro atoms. The van der Waals surface area contributed by atoms with Crippen molar-refractivity contribution in [2.45, 2.75) is 13.5 Å². The zero-order chi connectivity index (χ0) is 17.2. The van der Waals surface area contributed by atoms with Gasteiger partial charge in [-0.3, -0.25) is 0 Å². The predicted octanol–water partition coefficient (Wildman–Crippen LogP) is 3.33. The van der Waals surface area contributed by atoms with Crippen molar-refractivity contribution in [2.75, 3.05) is 33.7 Å². The zero-order valence-corrected chi connectivity index (χ0v) is 14.4. The highest BCUT2D eigenvalue weighted by Crippen LogP contribution is 2.17. The van der Waals surface area contributed by atoms with Crippen LogP contribution in [-0.4, -0.2) is 53.7 Å². The first-order valence-corrected chi connectivity index (χ1v) is 7.79. The Morgan fingerprint density at radius 3 is 2.43 bits per heavy atom. The number of aliphatic hydroxyl groups excluding tert-OH is 1. The lowest BCUT2D eigenvalue weighted by molar-refractivity contribution is 0.257. The van der Waals surface area contributed by atoms with Gasteiger partial charge >= 0.3 is 0 Å². The lowest BCUT2D eigenvalue weighted by Crippen LogP contribution is -2.32. The number of phenols is 1. The number of aliphatic hydroxyl groups is 1. The first-order chi connectivity index (χ1) is 11.0. The van der Waals surface area contributed by atoms with E-state index in [1.165, 1.54) is 0 Å². The Morgan fingerprint density at radius 2 is 1.83 bits per heavy atom. The fourth-order valence-electron chi connectivity index (χ4n) is 2.27. The Balaban J connectivity index is 2.49. The van der Waals surface area contributed by atoms with Crippen molar-refractivity contribution in [2.24, 2.45) is 0 Å². The predicted molar refractivity (Wildman–Crippen MR) is 96.6 cm³/mol. The van der Waals surface area contributed by atoms with Crippen molar-refractivity contribution < 1.29 is 10.2 Å². The van der Waals surface area contributed by atoms with Crippen LogP contribution in [0.5, 0.6) is 5.75 Å². The van der Waals surface area contributed by atoms with E-state index in [2.05, 4.69) is 16.4 Å². The Morgan fingerprint density at radius 1 is 1.17 bits per heavy atom. The molecular formula is C19H28N2O2. The first kappa shape index (κ1) is 19.0. The maximum absolute atomic E-state index is 9.88. The monoisotopic (exact) mass is 316 g/mol. The molecule has 0 bridgehead atoms. The molecule has 4 heteroatoms. The quantitative estimate of drug-likeness (QED) is 0.542. The van der Waals surface area contributed by atoms with Gasteiger partial charge in [-0.1, -0.05) is 36.9 Å². The Bertz CT molecular complexity index is 564. The van der Waals surface area contributed by atoms with Gasteiger partial charge in [-0.15, -0.1) is 0 Å². The van der Waals surface area contributed by atoms with Crippen LogP contribution in [0.2, 0.25) is 0 Å². The minimum Gasteiger partial charge on any atom is -0.508 e. The van der Waals surface area contributed by atoms with Crippen molar-refractivity contribution in [3.05, 3.63) is 66.0 Å². The van der Waals surface area contributed by atoms with Crippen LogP contribution in [0.4, 0.5) is 0 Å². The molecule has 0 saturated heterocycles. The largest absolute Gasteiger partial charge is 0.508 e. The first-order valence-electron chi connectivity index (χ1n) is 7.79. The van der Waals surface area contributed by atoms with Crippen LogP contribution in [0.15, 0.2) is 60.4 Å². The van der Waals surface area contributed by atoms with Crippen molar-refractivity contribution in [3.8, 4) is 5.75 Å². The topological polar surface area (TPSA) is 46.9 Å². The summed E-state index contributed by atoms with van der Waals surface area (Å²) in [5, 5.41) is 19.7. The smallest absolute Gasteiger partial charge is 0.120 e. The third kappa shape index (κ3) is 6.72. The van der Waals surface area contributed by atoms with E-state index >= 15 is 0 Å². The van der Waals surface area contributed by atoms with Gasteiger partial charge in [-0.05, 0) is 33.2 Å². The lowest BCUT2D eigenvalue weighted by Gasteiger charge is -2.23. The molecule has 0 radical (unpaired) electrons. The van der Waals surface area contributed by atoms with Crippen LogP contribution < -0.4 is 0 Å². The number of aromatic hydroxyl groups is 1. The number of para-hydroxylation sites is 1. The number of hydrogen-bond donors (Lipinski definition) is 2. The Kier molecular flexibility index (Phi) is 8.16. The number of phenolic OH excluding ortho intramolecular Hbond substituents is 1. The number of benzene rings is 1. The number of rotatable bonds is 9. The number of hydrogen-bond acceptors (Lipinski definition) is 4. The molecule has 2 N–H and O–H groups in total. The Hall–Kier alpha value is -2.04.